The number of rotatable bonds is 2. The highest BCUT2D eigenvalue weighted by molar-refractivity contribution is 7.89. The fourth-order valence-electron chi connectivity index (χ4n) is 1.23. The third-order valence-corrected chi connectivity index (χ3v) is 3.17. The van der Waals surface area contributed by atoms with Gasteiger partial charge in [0, 0.05) is 17.6 Å². The van der Waals surface area contributed by atoms with E-state index in [4.69, 9.17) is 5.84 Å². The van der Waals surface area contributed by atoms with E-state index in [1.165, 1.54) is 18.3 Å². The van der Waals surface area contributed by atoms with Gasteiger partial charge in [0.1, 0.15) is 0 Å². The van der Waals surface area contributed by atoms with Crippen molar-refractivity contribution in [3.63, 3.8) is 0 Å². The van der Waals surface area contributed by atoms with Crippen molar-refractivity contribution in [2.75, 3.05) is 0 Å². The molecular formula is C9H8N3O2S. The van der Waals surface area contributed by atoms with Crippen molar-refractivity contribution in [2.24, 2.45) is 5.84 Å². The van der Waals surface area contributed by atoms with Gasteiger partial charge in [0.25, 0.3) is 10.0 Å². The molecule has 0 aliphatic carbocycles. The highest BCUT2D eigenvalue weighted by Crippen LogP contribution is 2.16. The first-order valence-electron chi connectivity index (χ1n) is 4.12. The topological polar surface area (TPSA) is 85.1 Å². The molecule has 1 aromatic carbocycles. The van der Waals surface area contributed by atoms with E-state index in [1.807, 2.05) is 0 Å². The number of nitrogens with zero attached hydrogens (tertiary/aromatic N) is 1. The van der Waals surface area contributed by atoms with Crippen LogP contribution in [0.3, 0.4) is 0 Å². The Hall–Kier alpha value is -1.50. The third kappa shape index (κ3) is 1.82. The van der Waals surface area contributed by atoms with Gasteiger partial charge in [0.2, 0.25) is 0 Å². The lowest BCUT2D eigenvalue weighted by Gasteiger charge is -2.02. The first-order chi connectivity index (χ1) is 7.13. The van der Waals surface area contributed by atoms with Gasteiger partial charge < -0.3 is 0 Å². The largest absolute Gasteiger partial charge is 0.257 e. The minimum atomic E-state index is -3.60. The van der Waals surface area contributed by atoms with Crippen LogP contribution < -0.4 is 10.7 Å². The summed E-state index contributed by atoms with van der Waals surface area (Å²) in [5, 5.41) is 0.703. The van der Waals surface area contributed by atoms with Gasteiger partial charge in [0.15, 0.2) is 0 Å². The van der Waals surface area contributed by atoms with Gasteiger partial charge in [0.05, 0.1) is 10.4 Å². The second kappa shape index (κ2) is 3.58. The minimum Gasteiger partial charge on any atom is -0.257 e. The quantitative estimate of drug-likeness (QED) is 0.561. The number of nitrogens with two attached hydrogens (primary N) is 1. The molecule has 0 fully saturated rings. The summed E-state index contributed by atoms with van der Waals surface area (Å²) < 4.78 is 22.8. The number of aromatic nitrogens is 1. The molecule has 0 spiro atoms. The standard InChI is InChI=1S/C9H8N3O2S/c10-12-15(13,14)8-3-4-9-7(6-8)2-1-5-11-9/h2-6,12H,10H2. The summed E-state index contributed by atoms with van der Waals surface area (Å²) in [7, 11) is -3.60. The number of nitrogens with one attached hydrogen (secondary N) is 1. The summed E-state index contributed by atoms with van der Waals surface area (Å²) in [4.78, 5) is 5.90. The predicted octanol–water partition coefficient (Wildman–Crippen LogP) is 0.187. The molecule has 0 aliphatic rings. The van der Waals surface area contributed by atoms with Crippen molar-refractivity contribution in [1.82, 2.24) is 9.82 Å². The molecule has 1 heterocycles. The summed E-state index contributed by atoms with van der Waals surface area (Å²) in [6.45, 7) is 0. The zero-order valence-corrected chi connectivity index (χ0v) is 8.45. The Kier molecular flexibility index (Phi) is 2.39. The van der Waals surface area contributed by atoms with Crippen LogP contribution in [-0.2, 0) is 10.0 Å². The molecule has 2 aromatic rings. The Balaban J connectivity index is 2.67. The monoisotopic (exact) mass is 222 g/mol. The van der Waals surface area contributed by atoms with E-state index < -0.39 is 10.0 Å². The van der Waals surface area contributed by atoms with E-state index in [9.17, 15) is 8.42 Å². The molecule has 15 heavy (non-hydrogen) atoms. The number of hydrazine groups is 1. The Morgan fingerprint density at radius 2 is 2.20 bits per heavy atom. The molecule has 0 bridgehead atoms. The first kappa shape index (κ1) is 10.0. The average Bonchev–Trinajstić information content (AvgIpc) is 2.28. The molecule has 2 rings (SSSR count). The Morgan fingerprint density at radius 3 is 2.93 bits per heavy atom. The van der Waals surface area contributed by atoms with Gasteiger partial charge >= 0.3 is 0 Å². The van der Waals surface area contributed by atoms with Crippen LogP contribution in [-0.4, -0.2) is 13.4 Å². The van der Waals surface area contributed by atoms with Crippen molar-refractivity contribution in [3.05, 3.63) is 36.5 Å². The fraction of sp³-hybridized carbons (Fsp3) is 0. The molecule has 0 atom stereocenters. The lowest BCUT2D eigenvalue weighted by Crippen LogP contribution is -2.30. The van der Waals surface area contributed by atoms with Gasteiger partial charge in [-0.05, 0) is 24.3 Å². The maximum atomic E-state index is 11.4. The van der Waals surface area contributed by atoms with Gasteiger partial charge in [-0.1, -0.05) is 0 Å². The lowest BCUT2D eigenvalue weighted by molar-refractivity contribution is 0.584. The summed E-state index contributed by atoms with van der Waals surface area (Å²) in [6, 6.07) is 9.00. The minimum absolute atomic E-state index is 0.110. The molecule has 0 aliphatic heterocycles. The Bertz CT molecular complexity index is 595. The molecule has 6 heteroatoms. The summed E-state index contributed by atoms with van der Waals surface area (Å²) in [5.74, 6) is 4.92. The fourth-order valence-corrected chi connectivity index (χ4v) is 1.90. The van der Waals surface area contributed by atoms with Crippen molar-refractivity contribution in [2.45, 2.75) is 4.90 Å². The van der Waals surface area contributed by atoms with E-state index >= 15 is 0 Å². The number of hydrogen-bond donors (Lipinski definition) is 2. The maximum Gasteiger partial charge on any atom is 0.253 e. The van der Waals surface area contributed by atoms with Crippen molar-refractivity contribution < 1.29 is 8.42 Å². The lowest BCUT2D eigenvalue weighted by atomic mass is 10.2. The van der Waals surface area contributed by atoms with Gasteiger partial charge in [-0.3, -0.25) is 10.8 Å². The zero-order valence-electron chi connectivity index (χ0n) is 7.64. The number of pyridine rings is 1. The summed E-state index contributed by atoms with van der Waals surface area (Å²) in [5.41, 5.74) is 0.713. The van der Waals surface area contributed by atoms with Crippen LogP contribution in [0, 0.1) is 6.07 Å². The van der Waals surface area contributed by atoms with Crippen LogP contribution in [0.15, 0.2) is 35.4 Å². The number of hydrogen-bond acceptors (Lipinski definition) is 4. The number of fused-ring (bicyclic) bond motifs is 1. The molecule has 1 aromatic heterocycles. The van der Waals surface area contributed by atoms with Crippen LogP contribution in [0.5, 0.6) is 0 Å². The van der Waals surface area contributed by atoms with Crippen molar-refractivity contribution >= 4 is 20.9 Å². The molecule has 0 saturated carbocycles. The van der Waals surface area contributed by atoms with Crippen LogP contribution in [0.2, 0.25) is 0 Å². The summed E-state index contributed by atoms with van der Waals surface area (Å²) in [6.07, 6.45) is 1.53. The van der Waals surface area contributed by atoms with Crippen LogP contribution >= 0.6 is 0 Å². The molecule has 0 unspecified atom stereocenters. The summed E-state index contributed by atoms with van der Waals surface area (Å²) >= 11 is 0. The van der Waals surface area contributed by atoms with Gasteiger partial charge in [-0.25, -0.2) is 8.42 Å². The zero-order chi connectivity index (χ0) is 10.9. The van der Waals surface area contributed by atoms with Crippen molar-refractivity contribution in [1.29, 1.82) is 0 Å². The molecular weight excluding hydrogens is 214 g/mol. The smallest absolute Gasteiger partial charge is 0.253 e. The molecule has 5 nitrogen and oxygen atoms in total. The van der Waals surface area contributed by atoms with E-state index in [2.05, 4.69) is 11.1 Å². The van der Waals surface area contributed by atoms with Crippen LogP contribution in [0.25, 0.3) is 10.9 Å². The normalized spacial score (nSPS) is 11.8. The molecule has 1 radical (unpaired) electrons. The van der Waals surface area contributed by atoms with Gasteiger partial charge in [-0.2, -0.15) is 4.83 Å². The second-order valence-corrected chi connectivity index (χ2v) is 4.63. The predicted molar refractivity (Wildman–Crippen MR) is 55.1 cm³/mol. The van der Waals surface area contributed by atoms with E-state index in [0.29, 0.717) is 10.9 Å². The SMILES string of the molecule is NNS(=O)(=O)c1ccc2nc[c]cc2c1. The van der Waals surface area contributed by atoms with Crippen molar-refractivity contribution in [3.8, 4) is 0 Å². The molecule has 3 N–H and O–H groups in total. The number of sulfonamides is 1. The molecule has 77 valence electrons. The first-order valence-corrected chi connectivity index (χ1v) is 5.60. The van der Waals surface area contributed by atoms with Crippen LogP contribution in [0.1, 0.15) is 0 Å². The molecule has 0 amide bonds. The number of benzene rings is 1. The van der Waals surface area contributed by atoms with E-state index in [-0.39, 0.29) is 4.90 Å². The van der Waals surface area contributed by atoms with E-state index in [1.54, 1.807) is 17.0 Å². The maximum absolute atomic E-state index is 11.4. The average molecular weight is 222 g/mol. The third-order valence-electron chi connectivity index (χ3n) is 1.98. The van der Waals surface area contributed by atoms with Gasteiger partial charge in [-0.15, -0.1) is 0 Å². The highest BCUT2D eigenvalue weighted by Gasteiger charge is 2.11. The Labute approximate surface area is 87.0 Å². The highest BCUT2D eigenvalue weighted by atomic mass is 32.2. The van der Waals surface area contributed by atoms with E-state index in [0.717, 1.165) is 0 Å². The van der Waals surface area contributed by atoms with Crippen LogP contribution in [0.4, 0.5) is 0 Å². The Morgan fingerprint density at radius 1 is 1.40 bits per heavy atom. The molecule has 0 saturated heterocycles. The second-order valence-electron chi connectivity index (χ2n) is 2.91.